The third kappa shape index (κ3) is 22.6. The molecule has 0 aromatic heterocycles. The number of fused-ring (bicyclic) bond motifs is 3. The van der Waals surface area contributed by atoms with Gasteiger partial charge in [0, 0.05) is 86.9 Å². The van der Waals surface area contributed by atoms with Gasteiger partial charge in [-0.25, -0.2) is 8.78 Å². The highest BCUT2D eigenvalue weighted by atomic mass is 35.5. The van der Waals surface area contributed by atoms with Crippen LogP contribution in [0.1, 0.15) is 201 Å². The van der Waals surface area contributed by atoms with Gasteiger partial charge in [0.2, 0.25) is 70.9 Å². The van der Waals surface area contributed by atoms with Crippen molar-refractivity contribution in [1.82, 2.24) is 60.0 Å². The maximum absolute atomic E-state index is 15.9. The highest BCUT2D eigenvalue weighted by Gasteiger charge is 2.57. The standard InChI is InChI=1S/C80H123ClF8N12O14/c1-10-47(3)67-75(111)94(5)46-65(104)95(6)58-23-13-12-16-32-100(74(58)110)62(40-48-24-27-52(28-25-48)79(84,85)86)72(108)93(4)45-63(102)90-57(29-26-50-38-55(82)66(56(83)39-50)80(87,88)89)71(107)101-44-54(115-11-2)42-60(101)70(106)92-78(30-18-31-78)77(113)98(9)68(51-20-14-15-21-51)76(112)97(8)61(73(109)99-33-35-114-36-34-99)43-64(103)96(7)59(69(105)91-67)41-49-19-17-22-53(81)37-49/h47-62,66-68H,10-46H2,1-9H3,(H,90,102)(H,91,105)(H,92,106)/t47-,48?,49?,50?,52?,53?,54+,55?,56?,57-,58-,59-,60-,61-,62-,66?,67-,68-/m0/s1. The van der Waals surface area contributed by atoms with Gasteiger partial charge >= 0.3 is 12.4 Å². The first-order valence-electron chi connectivity index (χ1n) is 41.9. The molecule has 2 bridgehead atoms. The molecule has 4 unspecified atom stereocenters. The Hall–Kier alpha value is -6.71. The van der Waals surface area contributed by atoms with E-state index in [1.54, 1.807) is 20.8 Å². The van der Waals surface area contributed by atoms with Gasteiger partial charge in [-0.15, -0.1) is 11.6 Å². The fraction of sp³-hybridized carbons (Fsp3) is 0.850. The van der Waals surface area contributed by atoms with E-state index in [0.717, 1.165) is 26.0 Å². The van der Waals surface area contributed by atoms with E-state index in [1.165, 1.54) is 66.8 Å². The van der Waals surface area contributed by atoms with Crippen molar-refractivity contribution in [3.63, 3.8) is 0 Å². The lowest BCUT2D eigenvalue weighted by atomic mass is 9.74. The summed E-state index contributed by atoms with van der Waals surface area (Å²) in [7, 11) is 8.17. The van der Waals surface area contributed by atoms with Gasteiger partial charge in [-0.1, -0.05) is 58.8 Å². The van der Waals surface area contributed by atoms with E-state index in [1.807, 2.05) is 0 Å². The van der Waals surface area contributed by atoms with Crippen LogP contribution in [-0.2, 0) is 67.0 Å². The number of hydrogen-bond acceptors (Lipinski definition) is 14. The van der Waals surface area contributed by atoms with Crippen molar-refractivity contribution in [1.29, 1.82) is 0 Å². The van der Waals surface area contributed by atoms with Crippen LogP contribution in [0.4, 0.5) is 35.1 Å². The number of alkyl halides is 9. The SMILES string of the molecule is CCO[C@@H]1C[C@H]2C(=O)NC3(CCC3)C(=O)N(C)[C@@H](C3CCCC3)C(=O)N(C)[C@H](C(=O)N3CCOCC3)CC(=O)N(C)[C@@H](CC3CCCC(Cl)C3)C(=O)N[C@@H]([C@@H](C)CC)C(=O)N(C)CC(=O)N(C)[C@H]3CCCCCN(C3=O)[C@@H](CC3CCC(C(F)(F)F)CC3)C(=O)N(C)CC(=O)N[C@@H](CCC3CC(F)C(C(F)(F)F)C(F)C3)C(=O)N2C1. The molecule has 4 aliphatic heterocycles. The number of ether oxygens (including phenoxy) is 2. The van der Waals surface area contributed by atoms with Crippen molar-refractivity contribution in [2.75, 3.05) is 101 Å². The summed E-state index contributed by atoms with van der Waals surface area (Å²) in [6, 6.07) is -11.4. The van der Waals surface area contributed by atoms with Gasteiger partial charge in [-0.05, 0) is 159 Å². The zero-order valence-corrected chi connectivity index (χ0v) is 69.0. The van der Waals surface area contributed by atoms with Crippen LogP contribution in [0.3, 0.4) is 0 Å². The molecule has 115 heavy (non-hydrogen) atoms. The number of halogens is 9. The summed E-state index contributed by atoms with van der Waals surface area (Å²) >= 11 is 6.78. The first-order valence-corrected chi connectivity index (χ1v) is 42.3. The van der Waals surface area contributed by atoms with Crippen molar-refractivity contribution in [3.05, 3.63) is 0 Å². The van der Waals surface area contributed by atoms with Crippen LogP contribution in [0.15, 0.2) is 0 Å². The van der Waals surface area contributed by atoms with E-state index in [4.69, 9.17) is 21.1 Å². The Balaban J connectivity index is 1.12. The van der Waals surface area contributed by atoms with Crippen LogP contribution >= 0.6 is 11.6 Å². The van der Waals surface area contributed by atoms with Gasteiger partial charge in [0.05, 0.1) is 44.7 Å². The molecule has 4 saturated heterocycles. The van der Waals surface area contributed by atoms with Gasteiger partial charge in [0.25, 0.3) is 0 Å². The van der Waals surface area contributed by atoms with Crippen molar-refractivity contribution in [3.8, 4) is 0 Å². The highest BCUT2D eigenvalue weighted by Crippen LogP contribution is 2.46. The molecular formula is C80H123ClF8N12O14. The third-order valence-corrected chi connectivity index (χ3v) is 27.1. The molecule has 4 heterocycles. The normalized spacial score (nSPS) is 33.5. The summed E-state index contributed by atoms with van der Waals surface area (Å²) in [5.74, 6) is -16.8. The fourth-order valence-electron chi connectivity index (χ4n) is 19.3. The second-order valence-corrected chi connectivity index (χ2v) is 35.1. The molecule has 1 spiro atoms. The Morgan fingerprint density at radius 3 is 1.82 bits per heavy atom. The molecule has 35 heteroatoms. The zero-order chi connectivity index (χ0) is 84.3. The van der Waals surface area contributed by atoms with E-state index in [9.17, 15) is 35.9 Å². The summed E-state index contributed by atoms with van der Waals surface area (Å²) in [5, 5.41) is 8.30. The van der Waals surface area contributed by atoms with Crippen LogP contribution in [0.5, 0.6) is 0 Å². The van der Waals surface area contributed by atoms with Gasteiger partial charge in [-0.3, -0.25) is 57.5 Å². The number of nitrogens with zero attached hydrogens (tertiary/aromatic N) is 9. The molecule has 5 aliphatic carbocycles. The maximum atomic E-state index is 15.9. The molecule has 26 nitrogen and oxygen atoms in total. The Morgan fingerprint density at radius 1 is 0.583 bits per heavy atom. The van der Waals surface area contributed by atoms with Crippen molar-refractivity contribution in [2.45, 2.75) is 291 Å². The van der Waals surface area contributed by atoms with E-state index < -0.39 is 230 Å². The zero-order valence-electron chi connectivity index (χ0n) is 68.3. The lowest BCUT2D eigenvalue weighted by Gasteiger charge is -2.47. The molecule has 3 N–H and O–H groups in total. The largest absolute Gasteiger partial charge is 0.397 e. The summed E-state index contributed by atoms with van der Waals surface area (Å²) in [6.45, 7) is 3.87. The third-order valence-electron chi connectivity index (χ3n) is 26.7. The average molecular weight is 1660 g/mol. The van der Waals surface area contributed by atoms with Crippen LogP contribution in [-0.4, -0.2) is 306 Å². The Kier molecular flexibility index (Phi) is 32.4. The Bertz CT molecular complexity index is 3410. The minimum Gasteiger partial charge on any atom is -0.378 e. The highest BCUT2D eigenvalue weighted by molar-refractivity contribution is 6.20. The predicted octanol–water partition coefficient (Wildman–Crippen LogP) is 7.49. The molecule has 9 aliphatic rings. The van der Waals surface area contributed by atoms with Gasteiger partial charge in [0.15, 0.2) is 0 Å². The van der Waals surface area contributed by atoms with E-state index in [0.29, 0.717) is 77.0 Å². The molecule has 14 atom stereocenters. The average Bonchev–Trinajstić information content (AvgIpc) is 1.68. The van der Waals surface area contributed by atoms with Crippen molar-refractivity contribution in [2.24, 2.45) is 41.4 Å². The number of amides is 12. The summed E-state index contributed by atoms with van der Waals surface area (Å²) < 4.78 is 127. The molecular weight excluding hydrogens is 1540 g/mol. The molecule has 0 aromatic carbocycles. The van der Waals surface area contributed by atoms with E-state index in [-0.39, 0.29) is 128 Å². The lowest BCUT2D eigenvalue weighted by molar-refractivity contribution is -0.219. The van der Waals surface area contributed by atoms with Gasteiger partial charge in [-0.2, -0.15) is 26.3 Å². The number of likely N-dealkylation sites (N-methyl/N-ethyl adjacent to an activating group) is 6. The molecule has 12 amide bonds. The molecule has 9 rings (SSSR count). The summed E-state index contributed by atoms with van der Waals surface area (Å²) in [4.78, 5) is 195. The minimum absolute atomic E-state index is 0.00487. The van der Waals surface area contributed by atoms with Crippen molar-refractivity contribution >= 4 is 82.5 Å². The van der Waals surface area contributed by atoms with Crippen LogP contribution in [0, 0.1) is 41.4 Å². The molecule has 650 valence electrons. The number of carbonyl (C=O) groups excluding carboxylic acids is 12. The van der Waals surface area contributed by atoms with Crippen LogP contribution in [0.2, 0.25) is 0 Å². The molecule has 9 fully saturated rings. The summed E-state index contributed by atoms with van der Waals surface area (Å²) in [6.07, 6.45) is -12.8. The Labute approximate surface area is 675 Å². The number of rotatable bonds is 13. The minimum atomic E-state index is -5.22. The van der Waals surface area contributed by atoms with Crippen LogP contribution < -0.4 is 16.0 Å². The fourth-order valence-corrected chi connectivity index (χ4v) is 19.7. The Morgan fingerprint density at radius 2 is 1.22 bits per heavy atom. The van der Waals surface area contributed by atoms with E-state index in [2.05, 4.69) is 16.0 Å². The molecule has 5 saturated carbocycles. The van der Waals surface area contributed by atoms with Crippen LogP contribution in [0.25, 0.3) is 0 Å². The number of nitrogens with one attached hydrogen (secondary N) is 3. The molecule has 0 radical (unpaired) electrons. The lowest BCUT2D eigenvalue weighted by Crippen LogP contribution is -2.68. The maximum Gasteiger partial charge on any atom is 0.397 e. The molecule has 0 aromatic rings. The second-order valence-electron chi connectivity index (χ2n) is 34.4. The van der Waals surface area contributed by atoms with Gasteiger partial charge < -0.3 is 69.5 Å². The van der Waals surface area contributed by atoms with Crippen molar-refractivity contribution < 1.29 is 102 Å². The predicted molar refractivity (Wildman–Crippen MR) is 407 cm³/mol. The number of carbonyl (C=O) groups is 12. The quantitative estimate of drug-likeness (QED) is 0.119. The first-order chi connectivity index (χ1) is 54.3. The van der Waals surface area contributed by atoms with E-state index >= 15 is 56.7 Å². The second kappa shape index (κ2) is 40.4. The van der Waals surface area contributed by atoms with Gasteiger partial charge in [0.1, 0.15) is 72.1 Å². The number of morpholine rings is 1. The topological polar surface area (TPSA) is 289 Å². The smallest absolute Gasteiger partial charge is 0.378 e. The summed E-state index contributed by atoms with van der Waals surface area (Å²) in [5.41, 5.74) is -1.71. The first kappa shape index (κ1) is 92.2. The monoisotopic (exact) mass is 1660 g/mol. The number of hydrogen-bond donors (Lipinski definition) is 3.